The van der Waals surface area contributed by atoms with Crippen LogP contribution in [0.25, 0.3) is 22.2 Å². The molecule has 1 aromatic carbocycles. The molecule has 0 aliphatic carbocycles. The number of nitrogens with one attached hydrogen (secondary N) is 1. The molecule has 5 nitrogen and oxygen atoms in total. The van der Waals surface area contributed by atoms with Crippen LogP contribution in [0.5, 0.6) is 0 Å². The molecule has 0 amide bonds. The van der Waals surface area contributed by atoms with Crippen LogP contribution in [-0.2, 0) is 11.2 Å². The molecule has 4 rings (SSSR count). The highest BCUT2D eigenvalue weighted by molar-refractivity contribution is 5.86. The molecular weight excluding hydrogens is 324 g/mol. The fourth-order valence-electron chi connectivity index (χ4n) is 3.77. The van der Waals surface area contributed by atoms with Crippen molar-refractivity contribution in [1.82, 2.24) is 20.1 Å². The number of aromatic amines is 1. The third-order valence-corrected chi connectivity index (χ3v) is 5.28. The summed E-state index contributed by atoms with van der Waals surface area (Å²) in [5, 5.41) is 8.61. The van der Waals surface area contributed by atoms with E-state index in [0.29, 0.717) is 0 Å². The minimum Gasteiger partial charge on any atom is -0.379 e. The Labute approximate surface area is 154 Å². The number of rotatable bonds is 4. The second-order valence-electron chi connectivity index (χ2n) is 7.19. The highest BCUT2D eigenvalue weighted by Crippen LogP contribution is 2.28. The first-order valence-corrected chi connectivity index (χ1v) is 9.34. The van der Waals surface area contributed by atoms with Crippen LogP contribution in [0.3, 0.4) is 0 Å². The number of aryl methyl sites for hydroxylation is 3. The van der Waals surface area contributed by atoms with Crippen LogP contribution < -0.4 is 0 Å². The van der Waals surface area contributed by atoms with Crippen molar-refractivity contribution in [2.45, 2.75) is 27.2 Å². The quantitative estimate of drug-likeness (QED) is 0.783. The number of benzene rings is 1. The molecule has 1 aliphatic rings. The van der Waals surface area contributed by atoms with Gasteiger partial charge < -0.3 is 4.74 Å². The van der Waals surface area contributed by atoms with Gasteiger partial charge in [-0.25, -0.2) is 4.98 Å². The molecule has 0 atom stereocenters. The molecule has 3 aromatic rings. The third kappa shape index (κ3) is 3.37. The molecule has 2 aromatic heterocycles. The van der Waals surface area contributed by atoms with Gasteiger partial charge in [-0.05, 0) is 56.5 Å². The summed E-state index contributed by atoms with van der Waals surface area (Å²) >= 11 is 0. The molecule has 5 heteroatoms. The topological polar surface area (TPSA) is 54.0 Å². The second-order valence-corrected chi connectivity index (χ2v) is 7.19. The molecule has 0 unspecified atom stereocenters. The maximum absolute atomic E-state index is 5.43. The number of H-pyrrole nitrogens is 1. The molecule has 136 valence electrons. The standard InChI is InChI=1S/C21H26N4O/c1-14-12-20(21-15(2)23-24-16(21)3)22-19-5-4-17(13-18(14)19)6-7-25-8-10-26-11-9-25/h4-5,12-13H,6-11H2,1-3H3,(H,23,24). The predicted molar refractivity (Wildman–Crippen MR) is 104 cm³/mol. The fourth-order valence-corrected chi connectivity index (χ4v) is 3.77. The van der Waals surface area contributed by atoms with Crippen LogP contribution in [0.2, 0.25) is 0 Å². The number of fused-ring (bicyclic) bond motifs is 1. The minimum absolute atomic E-state index is 0.858. The number of aromatic nitrogens is 3. The van der Waals surface area contributed by atoms with E-state index in [4.69, 9.17) is 9.72 Å². The van der Waals surface area contributed by atoms with Crippen molar-refractivity contribution in [2.75, 3.05) is 32.8 Å². The monoisotopic (exact) mass is 350 g/mol. The Morgan fingerprint density at radius 1 is 1.12 bits per heavy atom. The molecule has 0 bridgehead atoms. The molecule has 1 N–H and O–H groups in total. The van der Waals surface area contributed by atoms with Gasteiger partial charge in [0.15, 0.2) is 0 Å². The molecule has 1 aliphatic heterocycles. The van der Waals surface area contributed by atoms with Gasteiger partial charge in [-0.3, -0.25) is 10.00 Å². The summed E-state index contributed by atoms with van der Waals surface area (Å²) in [5.41, 5.74) is 7.86. The van der Waals surface area contributed by atoms with Gasteiger partial charge in [0.05, 0.1) is 30.1 Å². The van der Waals surface area contributed by atoms with Gasteiger partial charge in [0.1, 0.15) is 0 Å². The summed E-state index contributed by atoms with van der Waals surface area (Å²) in [6, 6.07) is 8.86. The van der Waals surface area contributed by atoms with Gasteiger partial charge >= 0.3 is 0 Å². The van der Waals surface area contributed by atoms with Crippen LogP contribution in [0.4, 0.5) is 0 Å². The zero-order chi connectivity index (χ0) is 18.1. The van der Waals surface area contributed by atoms with Crippen molar-refractivity contribution in [1.29, 1.82) is 0 Å². The number of hydrogen-bond acceptors (Lipinski definition) is 4. The Morgan fingerprint density at radius 2 is 1.92 bits per heavy atom. The lowest BCUT2D eigenvalue weighted by Gasteiger charge is -2.26. The first kappa shape index (κ1) is 17.2. The van der Waals surface area contributed by atoms with Crippen LogP contribution in [0.1, 0.15) is 22.5 Å². The lowest BCUT2D eigenvalue weighted by atomic mass is 10.0. The fraction of sp³-hybridized carbons (Fsp3) is 0.429. The van der Waals surface area contributed by atoms with E-state index in [0.717, 1.165) is 67.4 Å². The van der Waals surface area contributed by atoms with Gasteiger partial charge in [-0.2, -0.15) is 5.10 Å². The van der Waals surface area contributed by atoms with Gasteiger partial charge in [-0.15, -0.1) is 0 Å². The van der Waals surface area contributed by atoms with E-state index in [1.54, 1.807) is 0 Å². The summed E-state index contributed by atoms with van der Waals surface area (Å²) in [6.07, 6.45) is 1.07. The van der Waals surface area contributed by atoms with Crippen molar-refractivity contribution in [3.8, 4) is 11.3 Å². The first-order valence-electron chi connectivity index (χ1n) is 9.34. The van der Waals surface area contributed by atoms with Crippen molar-refractivity contribution in [3.05, 3.63) is 46.8 Å². The summed E-state index contributed by atoms with van der Waals surface area (Å²) in [7, 11) is 0. The number of nitrogens with zero attached hydrogens (tertiary/aromatic N) is 3. The highest BCUT2D eigenvalue weighted by Gasteiger charge is 2.13. The molecule has 0 saturated carbocycles. The van der Waals surface area contributed by atoms with E-state index in [1.165, 1.54) is 16.5 Å². The van der Waals surface area contributed by atoms with Crippen molar-refractivity contribution < 1.29 is 4.74 Å². The highest BCUT2D eigenvalue weighted by atomic mass is 16.5. The van der Waals surface area contributed by atoms with Crippen molar-refractivity contribution >= 4 is 10.9 Å². The third-order valence-electron chi connectivity index (χ3n) is 5.28. The maximum atomic E-state index is 5.43. The Kier molecular flexibility index (Phi) is 4.74. The SMILES string of the molecule is Cc1n[nH]c(C)c1-c1cc(C)c2cc(CCN3CCOCC3)ccc2n1. The second kappa shape index (κ2) is 7.17. The predicted octanol–water partition coefficient (Wildman–Crippen LogP) is 3.42. The Balaban J connectivity index is 1.60. The number of ether oxygens (including phenoxy) is 1. The molecular formula is C21H26N4O. The van der Waals surface area contributed by atoms with Crippen LogP contribution in [0, 0.1) is 20.8 Å². The Morgan fingerprint density at radius 3 is 2.65 bits per heavy atom. The zero-order valence-corrected chi connectivity index (χ0v) is 15.8. The number of morpholine rings is 1. The molecule has 3 heterocycles. The summed E-state index contributed by atoms with van der Waals surface area (Å²) in [4.78, 5) is 7.38. The first-order chi connectivity index (χ1) is 12.6. The molecule has 0 spiro atoms. The number of hydrogen-bond donors (Lipinski definition) is 1. The van der Waals surface area contributed by atoms with E-state index in [9.17, 15) is 0 Å². The van der Waals surface area contributed by atoms with Gasteiger partial charge in [0.2, 0.25) is 0 Å². The van der Waals surface area contributed by atoms with Crippen LogP contribution in [-0.4, -0.2) is 52.9 Å². The summed E-state index contributed by atoms with van der Waals surface area (Å²) < 4.78 is 5.43. The largest absolute Gasteiger partial charge is 0.379 e. The Hall–Kier alpha value is -2.24. The van der Waals surface area contributed by atoms with E-state index in [1.807, 2.05) is 13.8 Å². The molecule has 1 fully saturated rings. The minimum atomic E-state index is 0.858. The van der Waals surface area contributed by atoms with E-state index >= 15 is 0 Å². The molecule has 0 radical (unpaired) electrons. The van der Waals surface area contributed by atoms with E-state index in [-0.39, 0.29) is 0 Å². The van der Waals surface area contributed by atoms with Crippen LogP contribution in [0.15, 0.2) is 24.3 Å². The Bertz CT molecular complexity index is 906. The average molecular weight is 350 g/mol. The average Bonchev–Trinajstić information content (AvgIpc) is 2.99. The van der Waals surface area contributed by atoms with Gasteiger partial charge in [0.25, 0.3) is 0 Å². The summed E-state index contributed by atoms with van der Waals surface area (Å²) in [6.45, 7) is 11.1. The smallest absolute Gasteiger partial charge is 0.0749 e. The number of pyridine rings is 1. The molecule has 1 saturated heterocycles. The summed E-state index contributed by atoms with van der Waals surface area (Å²) in [5.74, 6) is 0. The van der Waals surface area contributed by atoms with Crippen molar-refractivity contribution in [3.63, 3.8) is 0 Å². The zero-order valence-electron chi connectivity index (χ0n) is 15.8. The van der Waals surface area contributed by atoms with Crippen LogP contribution >= 0.6 is 0 Å². The van der Waals surface area contributed by atoms with Gasteiger partial charge in [0, 0.05) is 36.3 Å². The van der Waals surface area contributed by atoms with Crippen molar-refractivity contribution in [2.24, 2.45) is 0 Å². The van der Waals surface area contributed by atoms with Gasteiger partial charge in [-0.1, -0.05) is 6.07 Å². The molecule has 26 heavy (non-hydrogen) atoms. The lowest BCUT2D eigenvalue weighted by molar-refractivity contribution is 0.0384. The van der Waals surface area contributed by atoms with E-state index in [2.05, 4.69) is 46.3 Å². The normalized spacial score (nSPS) is 15.7. The lowest BCUT2D eigenvalue weighted by Crippen LogP contribution is -2.37. The van der Waals surface area contributed by atoms with E-state index < -0.39 is 0 Å². The maximum Gasteiger partial charge on any atom is 0.0749 e.